The first kappa shape index (κ1) is 16.5. The molecule has 0 bridgehead atoms. The first-order valence-electron chi connectivity index (χ1n) is 7.09. The molecule has 0 aliphatic rings. The van der Waals surface area contributed by atoms with Crippen molar-refractivity contribution in [1.29, 1.82) is 0 Å². The maximum absolute atomic E-state index is 12.4. The van der Waals surface area contributed by atoms with E-state index in [2.05, 4.69) is 6.92 Å². The van der Waals surface area contributed by atoms with Crippen molar-refractivity contribution in [3.8, 4) is 0 Å². The van der Waals surface area contributed by atoms with E-state index in [1.807, 2.05) is 43.0 Å². The minimum absolute atomic E-state index is 0.168. The summed E-state index contributed by atoms with van der Waals surface area (Å²) >= 11 is 0. The number of anilines is 1. The molecule has 1 rings (SSSR count). The second kappa shape index (κ2) is 7.90. The Morgan fingerprint density at radius 3 is 2.35 bits per heavy atom. The van der Waals surface area contributed by atoms with Crippen molar-refractivity contribution in [3.63, 3.8) is 0 Å². The van der Waals surface area contributed by atoms with Gasteiger partial charge in [-0.2, -0.15) is 0 Å². The predicted molar refractivity (Wildman–Crippen MR) is 82.6 cm³/mol. The van der Waals surface area contributed by atoms with E-state index in [1.54, 1.807) is 7.11 Å². The summed E-state index contributed by atoms with van der Waals surface area (Å²) in [7, 11) is 1.65. The lowest BCUT2D eigenvalue weighted by molar-refractivity contribution is -0.133. The Bertz CT molecular complexity index is 415. The van der Waals surface area contributed by atoms with Gasteiger partial charge in [-0.05, 0) is 37.5 Å². The Morgan fingerprint density at radius 1 is 1.25 bits per heavy atom. The Balaban J connectivity index is 2.64. The predicted octanol–water partition coefficient (Wildman–Crippen LogP) is 2.65. The number of carbonyl (C=O) groups excluding carboxylic acids is 1. The number of hydrogen-bond donors (Lipinski definition) is 1. The van der Waals surface area contributed by atoms with Gasteiger partial charge >= 0.3 is 0 Å². The van der Waals surface area contributed by atoms with E-state index in [0.29, 0.717) is 19.6 Å². The molecule has 1 amide bonds. The molecule has 0 aliphatic carbocycles. The van der Waals surface area contributed by atoms with E-state index in [-0.39, 0.29) is 17.9 Å². The van der Waals surface area contributed by atoms with Crippen molar-refractivity contribution in [2.75, 3.05) is 26.0 Å². The summed E-state index contributed by atoms with van der Waals surface area (Å²) in [6.45, 7) is 7.34. The average Bonchev–Trinajstić information content (AvgIpc) is 2.39. The number of benzene rings is 1. The molecule has 0 spiro atoms. The molecule has 1 unspecified atom stereocenters. The summed E-state index contributed by atoms with van der Waals surface area (Å²) in [6.07, 6.45) is 0.506. The third kappa shape index (κ3) is 4.85. The van der Waals surface area contributed by atoms with Crippen LogP contribution in [0.25, 0.3) is 0 Å². The van der Waals surface area contributed by atoms with E-state index >= 15 is 0 Å². The number of amides is 1. The van der Waals surface area contributed by atoms with Gasteiger partial charge in [0.2, 0.25) is 5.91 Å². The van der Waals surface area contributed by atoms with E-state index in [1.165, 1.54) is 0 Å². The monoisotopic (exact) mass is 278 g/mol. The molecule has 4 heteroatoms. The van der Waals surface area contributed by atoms with Crippen LogP contribution in [0.4, 0.5) is 5.69 Å². The van der Waals surface area contributed by atoms with Crippen LogP contribution in [0.15, 0.2) is 24.3 Å². The number of rotatable bonds is 7. The molecule has 0 heterocycles. The van der Waals surface area contributed by atoms with Crippen LogP contribution in [-0.2, 0) is 9.53 Å². The molecule has 0 fully saturated rings. The van der Waals surface area contributed by atoms with E-state index < -0.39 is 0 Å². The number of nitrogen functional groups attached to an aromatic ring is 1. The quantitative estimate of drug-likeness (QED) is 0.780. The van der Waals surface area contributed by atoms with Crippen LogP contribution in [0.3, 0.4) is 0 Å². The number of nitrogens with zero attached hydrogens (tertiary/aromatic N) is 1. The van der Waals surface area contributed by atoms with E-state index in [9.17, 15) is 4.79 Å². The fourth-order valence-corrected chi connectivity index (χ4v) is 2.18. The molecule has 0 radical (unpaired) electrons. The fraction of sp³-hybridized carbons (Fsp3) is 0.562. The van der Waals surface area contributed by atoms with Gasteiger partial charge in [0.25, 0.3) is 0 Å². The van der Waals surface area contributed by atoms with Crippen molar-refractivity contribution in [2.24, 2.45) is 0 Å². The van der Waals surface area contributed by atoms with Crippen LogP contribution in [0.2, 0.25) is 0 Å². The summed E-state index contributed by atoms with van der Waals surface area (Å²) in [5, 5.41) is 0. The molecule has 2 N–H and O–H groups in total. The molecule has 112 valence electrons. The first-order chi connectivity index (χ1) is 9.45. The third-order valence-corrected chi connectivity index (χ3v) is 3.47. The molecule has 0 aliphatic heterocycles. The van der Waals surface area contributed by atoms with Crippen LogP contribution < -0.4 is 5.73 Å². The summed E-state index contributed by atoms with van der Waals surface area (Å²) < 4.78 is 5.07. The van der Waals surface area contributed by atoms with Gasteiger partial charge in [0, 0.05) is 31.8 Å². The van der Waals surface area contributed by atoms with Gasteiger partial charge in [0.05, 0.1) is 6.61 Å². The smallest absolute Gasteiger partial charge is 0.223 e. The van der Waals surface area contributed by atoms with Crippen LogP contribution in [0.5, 0.6) is 0 Å². The molecule has 1 atom stereocenters. The Kier molecular flexibility index (Phi) is 6.52. The topological polar surface area (TPSA) is 55.6 Å². The van der Waals surface area contributed by atoms with Gasteiger partial charge in [-0.25, -0.2) is 0 Å². The van der Waals surface area contributed by atoms with Crippen LogP contribution in [0, 0.1) is 0 Å². The molecule has 0 aromatic heterocycles. The molecular formula is C16H26N2O2. The largest absolute Gasteiger partial charge is 0.399 e. The highest BCUT2D eigenvalue weighted by Gasteiger charge is 2.19. The van der Waals surface area contributed by atoms with Gasteiger partial charge in [-0.3, -0.25) is 4.79 Å². The van der Waals surface area contributed by atoms with Gasteiger partial charge in [0.15, 0.2) is 0 Å². The minimum atomic E-state index is 0.168. The number of ether oxygens (including phenoxy) is 1. The zero-order valence-electron chi connectivity index (χ0n) is 12.9. The second-order valence-corrected chi connectivity index (χ2v) is 5.45. The van der Waals surface area contributed by atoms with Crippen molar-refractivity contribution in [1.82, 2.24) is 4.90 Å². The molecular weight excluding hydrogens is 252 g/mol. The van der Waals surface area contributed by atoms with Crippen molar-refractivity contribution in [2.45, 2.75) is 39.2 Å². The Labute approximate surface area is 121 Å². The summed E-state index contributed by atoms with van der Waals surface area (Å²) in [5.74, 6) is 0.355. The molecule has 0 saturated carbocycles. The minimum Gasteiger partial charge on any atom is -0.399 e. The number of nitrogens with two attached hydrogens (primary N) is 1. The summed E-state index contributed by atoms with van der Waals surface area (Å²) in [4.78, 5) is 14.3. The zero-order valence-corrected chi connectivity index (χ0v) is 12.9. The standard InChI is InChI=1S/C16H26N2O2/c1-12(2)18(9-10-20-4)16(19)11-13(3)14-5-7-15(17)8-6-14/h5-8,12-13H,9-11,17H2,1-4H3. The normalized spacial score (nSPS) is 12.4. The number of hydrogen-bond acceptors (Lipinski definition) is 3. The van der Waals surface area contributed by atoms with Crippen molar-refractivity contribution in [3.05, 3.63) is 29.8 Å². The maximum atomic E-state index is 12.4. The zero-order chi connectivity index (χ0) is 15.1. The molecule has 20 heavy (non-hydrogen) atoms. The van der Waals surface area contributed by atoms with Gasteiger partial charge < -0.3 is 15.4 Å². The lowest BCUT2D eigenvalue weighted by atomic mass is 9.96. The molecule has 0 saturated heterocycles. The van der Waals surface area contributed by atoms with Crippen molar-refractivity contribution < 1.29 is 9.53 Å². The number of carbonyl (C=O) groups is 1. The Hall–Kier alpha value is -1.55. The lowest BCUT2D eigenvalue weighted by Crippen LogP contribution is -2.39. The van der Waals surface area contributed by atoms with E-state index in [4.69, 9.17) is 10.5 Å². The third-order valence-electron chi connectivity index (χ3n) is 3.47. The van der Waals surface area contributed by atoms with Crippen LogP contribution in [-0.4, -0.2) is 37.1 Å². The molecule has 1 aromatic carbocycles. The van der Waals surface area contributed by atoms with Gasteiger partial charge in [-0.1, -0.05) is 19.1 Å². The molecule has 4 nitrogen and oxygen atoms in total. The van der Waals surface area contributed by atoms with Crippen LogP contribution >= 0.6 is 0 Å². The number of methoxy groups -OCH3 is 1. The highest BCUT2D eigenvalue weighted by atomic mass is 16.5. The highest BCUT2D eigenvalue weighted by Crippen LogP contribution is 2.21. The summed E-state index contributed by atoms with van der Waals surface area (Å²) in [6, 6.07) is 7.92. The Morgan fingerprint density at radius 2 is 1.85 bits per heavy atom. The summed E-state index contributed by atoms with van der Waals surface area (Å²) in [5.41, 5.74) is 7.57. The second-order valence-electron chi connectivity index (χ2n) is 5.45. The van der Waals surface area contributed by atoms with Crippen LogP contribution in [0.1, 0.15) is 38.7 Å². The van der Waals surface area contributed by atoms with Gasteiger partial charge in [0.1, 0.15) is 0 Å². The average molecular weight is 278 g/mol. The SMILES string of the molecule is COCCN(C(=O)CC(C)c1ccc(N)cc1)C(C)C. The maximum Gasteiger partial charge on any atom is 0.223 e. The van der Waals surface area contributed by atoms with E-state index in [0.717, 1.165) is 11.3 Å². The van der Waals surface area contributed by atoms with Gasteiger partial charge in [-0.15, -0.1) is 0 Å². The fourth-order valence-electron chi connectivity index (χ4n) is 2.18. The lowest BCUT2D eigenvalue weighted by Gasteiger charge is -2.28. The van der Waals surface area contributed by atoms with Crippen molar-refractivity contribution >= 4 is 11.6 Å². The first-order valence-corrected chi connectivity index (χ1v) is 7.09. The molecule has 1 aromatic rings. The highest BCUT2D eigenvalue weighted by molar-refractivity contribution is 5.77.